The standard InChI is InChI=1S/C7H8N2.ClHO4/c1-3-6-7(4-2)9-5-8-6;2-1(3,4)5/h3-5H,1-2H2,(H,8,9);(H,2,3,4,5). The quantitative estimate of drug-likeness (QED) is 0.575. The van der Waals surface area contributed by atoms with Gasteiger partial charge in [-0.2, -0.15) is 14.0 Å². The summed E-state index contributed by atoms with van der Waals surface area (Å²) >= 11 is 0. The monoisotopic (exact) mass is 220 g/mol. The number of imidazole rings is 1. The summed E-state index contributed by atoms with van der Waals surface area (Å²) in [5, 5.41) is 0. The first kappa shape index (κ1) is 12.8. The molecule has 14 heavy (non-hydrogen) atoms. The van der Waals surface area contributed by atoms with Crippen molar-refractivity contribution in [3.05, 3.63) is 30.9 Å². The van der Waals surface area contributed by atoms with Crippen molar-refractivity contribution in [2.75, 3.05) is 0 Å². The molecule has 0 aliphatic heterocycles. The predicted molar refractivity (Wildman–Crippen MR) is 41.0 cm³/mol. The zero-order chi connectivity index (χ0) is 11.2. The molecule has 0 aromatic carbocycles. The average molecular weight is 221 g/mol. The minimum Gasteiger partial charge on any atom is -0.345 e. The van der Waals surface area contributed by atoms with E-state index >= 15 is 0 Å². The molecule has 1 rings (SSSR count). The van der Waals surface area contributed by atoms with Gasteiger partial charge >= 0.3 is 0 Å². The Morgan fingerprint density at radius 3 is 2.14 bits per heavy atom. The Hall–Kier alpha value is -1.18. The molecule has 0 aliphatic rings. The molecule has 0 aliphatic carbocycles. The van der Waals surface area contributed by atoms with Gasteiger partial charge < -0.3 is 4.98 Å². The van der Waals surface area contributed by atoms with E-state index in [0.29, 0.717) is 0 Å². The van der Waals surface area contributed by atoms with Crippen LogP contribution in [0.2, 0.25) is 0 Å². The second kappa shape index (κ2) is 5.53. The van der Waals surface area contributed by atoms with Gasteiger partial charge in [-0.3, -0.25) is 0 Å². The lowest BCUT2D eigenvalue weighted by molar-refractivity contribution is -1.92. The fourth-order valence-electron chi connectivity index (χ4n) is 0.641. The maximum absolute atomic E-state index is 8.60. The van der Waals surface area contributed by atoms with E-state index in [0.717, 1.165) is 11.4 Å². The van der Waals surface area contributed by atoms with E-state index in [2.05, 4.69) is 23.1 Å². The fourth-order valence-corrected chi connectivity index (χ4v) is 0.641. The maximum Gasteiger partial charge on any atom is 0.0931 e. The van der Waals surface area contributed by atoms with E-state index in [1.165, 1.54) is 0 Å². The first-order valence-corrected chi connectivity index (χ1v) is 4.56. The molecule has 7 heteroatoms. The van der Waals surface area contributed by atoms with Crippen LogP contribution in [0.25, 0.3) is 12.2 Å². The van der Waals surface area contributed by atoms with Crippen LogP contribution in [0.5, 0.6) is 0 Å². The summed E-state index contributed by atoms with van der Waals surface area (Å²) in [7, 11) is -4.69. The number of aromatic nitrogens is 2. The zero-order valence-electron chi connectivity index (χ0n) is 7.14. The van der Waals surface area contributed by atoms with E-state index in [9.17, 15) is 0 Å². The van der Waals surface area contributed by atoms with E-state index in [-0.39, 0.29) is 0 Å². The van der Waals surface area contributed by atoms with E-state index in [4.69, 9.17) is 18.6 Å². The number of nitrogens with one attached hydrogen (secondary N) is 1. The molecule has 0 atom stereocenters. The molecule has 0 saturated heterocycles. The van der Waals surface area contributed by atoms with Gasteiger partial charge in [0.25, 0.3) is 0 Å². The van der Waals surface area contributed by atoms with Gasteiger partial charge in [0.1, 0.15) is 0 Å². The Balaban J connectivity index is 0.000000292. The molecule has 0 amide bonds. The highest BCUT2D eigenvalue weighted by Gasteiger charge is 1.98. The normalized spacial score (nSPS) is 10.0. The van der Waals surface area contributed by atoms with Crippen molar-refractivity contribution < 1.29 is 28.9 Å². The van der Waals surface area contributed by atoms with Crippen molar-refractivity contribution >= 4 is 12.2 Å². The maximum atomic E-state index is 8.60. The lowest BCUT2D eigenvalue weighted by atomic mass is 10.3. The van der Waals surface area contributed by atoms with Crippen LogP contribution < -0.4 is 14.0 Å². The van der Waals surface area contributed by atoms with Crippen molar-refractivity contribution in [1.82, 2.24) is 9.97 Å². The molecule has 1 aromatic rings. The first-order chi connectivity index (χ1) is 6.38. The van der Waals surface area contributed by atoms with Gasteiger partial charge in [-0.25, -0.2) is 4.98 Å². The van der Waals surface area contributed by atoms with E-state index in [1.54, 1.807) is 18.5 Å². The highest BCUT2D eigenvalue weighted by atomic mass is 35.7. The molecule has 0 unspecified atom stereocenters. The Labute approximate surface area is 82.6 Å². The van der Waals surface area contributed by atoms with Crippen molar-refractivity contribution in [2.24, 2.45) is 0 Å². The summed E-state index contributed by atoms with van der Waals surface area (Å²) in [5.41, 5.74) is 1.77. The Bertz CT molecular complexity index is 276. The highest BCUT2D eigenvalue weighted by molar-refractivity contribution is 5.56. The topological polar surface area (TPSA) is 118 Å². The molecule has 78 valence electrons. The predicted octanol–water partition coefficient (Wildman–Crippen LogP) is -2.43. The average Bonchev–Trinajstić information content (AvgIpc) is 2.47. The summed E-state index contributed by atoms with van der Waals surface area (Å²) in [5.74, 6) is 0. The molecule has 2 N–H and O–H groups in total. The fraction of sp³-hybridized carbons (Fsp3) is 0. The number of nitrogens with zero attached hydrogens (tertiary/aromatic N) is 1. The van der Waals surface area contributed by atoms with Crippen LogP contribution in [0.4, 0.5) is 0 Å². The molecule has 0 spiro atoms. The minimum absolute atomic E-state index is 0.852. The third kappa shape index (κ3) is 6.35. The Morgan fingerprint density at radius 1 is 1.36 bits per heavy atom. The summed E-state index contributed by atoms with van der Waals surface area (Å²) < 4.78 is 32.7. The lowest BCUT2D eigenvalue weighted by Crippen LogP contribution is -2.58. The summed E-state index contributed by atoms with van der Waals surface area (Å²) in [4.78, 5) is 6.87. The van der Waals surface area contributed by atoms with Gasteiger partial charge in [-0.1, -0.05) is 13.2 Å². The van der Waals surface area contributed by atoms with Crippen molar-refractivity contribution in [1.29, 1.82) is 0 Å². The summed E-state index contributed by atoms with van der Waals surface area (Å²) in [6.07, 6.45) is 5.02. The summed E-state index contributed by atoms with van der Waals surface area (Å²) in [6.45, 7) is 7.17. The third-order valence-electron chi connectivity index (χ3n) is 1.10. The van der Waals surface area contributed by atoms with Crippen LogP contribution in [-0.2, 0) is 0 Å². The zero-order valence-corrected chi connectivity index (χ0v) is 7.90. The minimum atomic E-state index is -4.69. The number of H-pyrrole nitrogens is 1. The van der Waals surface area contributed by atoms with E-state index < -0.39 is 10.2 Å². The van der Waals surface area contributed by atoms with Crippen molar-refractivity contribution in [3.63, 3.8) is 0 Å². The number of halogens is 1. The van der Waals surface area contributed by atoms with Gasteiger partial charge in [0, 0.05) is 0 Å². The highest BCUT2D eigenvalue weighted by Crippen LogP contribution is 2.03. The van der Waals surface area contributed by atoms with Crippen LogP contribution in [0.3, 0.4) is 0 Å². The van der Waals surface area contributed by atoms with Crippen LogP contribution in [0.15, 0.2) is 19.5 Å². The van der Waals surface area contributed by atoms with Gasteiger partial charge in [-0.05, 0) is 12.2 Å². The van der Waals surface area contributed by atoms with Gasteiger partial charge in [0.15, 0.2) is 0 Å². The molecule has 0 bridgehead atoms. The molecule has 0 fully saturated rings. The second-order valence-corrected chi connectivity index (χ2v) is 2.80. The molecule has 0 saturated carbocycles. The molecular weight excluding hydrogens is 212 g/mol. The van der Waals surface area contributed by atoms with Crippen molar-refractivity contribution in [2.45, 2.75) is 0 Å². The van der Waals surface area contributed by atoms with Crippen LogP contribution in [0, 0.1) is 10.2 Å². The smallest absolute Gasteiger partial charge is 0.0931 e. The van der Waals surface area contributed by atoms with Crippen molar-refractivity contribution in [3.8, 4) is 0 Å². The SMILES string of the molecule is C=Cc1nc[nH]c1C=C.[O-][Cl+3]([O-])([O-])O. The van der Waals surface area contributed by atoms with Gasteiger partial charge in [0.05, 0.1) is 32.6 Å². The molecule has 0 radical (unpaired) electrons. The van der Waals surface area contributed by atoms with Crippen LogP contribution >= 0.6 is 0 Å². The molecular formula is C7H9ClN2O4. The van der Waals surface area contributed by atoms with Crippen LogP contribution in [0.1, 0.15) is 11.4 Å². The number of hydrogen-bond acceptors (Lipinski definition) is 5. The Kier molecular flexibility index (Phi) is 5.06. The lowest BCUT2D eigenvalue weighted by Gasteiger charge is -2.03. The molecule has 1 aromatic heterocycles. The number of rotatable bonds is 2. The molecule has 1 heterocycles. The van der Waals surface area contributed by atoms with Gasteiger partial charge in [0.2, 0.25) is 0 Å². The van der Waals surface area contributed by atoms with E-state index in [1.807, 2.05) is 0 Å². The number of hydrogen-bond donors (Lipinski definition) is 2. The van der Waals surface area contributed by atoms with Crippen LogP contribution in [-0.4, -0.2) is 14.6 Å². The largest absolute Gasteiger partial charge is 0.345 e. The second-order valence-electron chi connectivity index (χ2n) is 2.01. The first-order valence-electron chi connectivity index (χ1n) is 3.30. The summed E-state index contributed by atoms with van der Waals surface area (Å²) in [6, 6.07) is 0. The number of aromatic amines is 1. The Morgan fingerprint density at radius 2 is 1.86 bits per heavy atom. The van der Waals surface area contributed by atoms with Gasteiger partial charge in [-0.15, -0.1) is 0 Å². The molecule has 6 nitrogen and oxygen atoms in total. The third-order valence-corrected chi connectivity index (χ3v) is 1.10.